The first kappa shape index (κ1) is 12.4. The zero-order valence-corrected chi connectivity index (χ0v) is 9.48. The fourth-order valence-electron chi connectivity index (χ4n) is 1.63. The van der Waals surface area contributed by atoms with Crippen LogP contribution in [-0.2, 0) is 9.59 Å². The van der Waals surface area contributed by atoms with E-state index in [2.05, 4.69) is 6.58 Å². The van der Waals surface area contributed by atoms with Crippen LogP contribution in [0.2, 0.25) is 0 Å². The van der Waals surface area contributed by atoms with Crippen molar-refractivity contribution < 1.29 is 9.59 Å². The van der Waals surface area contributed by atoms with Crippen LogP contribution in [0.1, 0.15) is 31.2 Å². The number of benzene rings is 1. The summed E-state index contributed by atoms with van der Waals surface area (Å²) in [5.41, 5.74) is 1.06. The maximum Gasteiger partial charge on any atom is 0.141 e. The van der Waals surface area contributed by atoms with Gasteiger partial charge in [-0.05, 0) is 12.5 Å². The number of allylic oxidation sites excluding steroid dienone is 1. The Morgan fingerprint density at radius 1 is 1.31 bits per heavy atom. The van der Waals surface area contributed by atoms with Crippen molar-refractivity contribution in [2.75, 3.05) is 0 Å². The van der Waals surface area contributed by atoms with Gasteiger partial charge in [0.1, 0.15) is 11.6 Å². The van der Waals surface area contributed by atoms with E-state index in [9.17, 15) is 9.59 Å². The maximum atomic E-state index is 11.5. The smallest absolute Gasteiger partial charge is 0.141 e. The summed E-state index contributed by atoms with van der Waals surface area (Å²) < 4.78 is 0. The number of hydrogen-bond donors (Lipinski definition) is 0. The number of ketones is 2. The fourth-order valence-corrected chi connectivity index (χ4v) is 1.63. The highest BCUT2D eigenvalue weighted by atomic mass is 16.1. The average molecular weight is 216 g/mol. The first-order chi connectivity index (χ1) is 7.63. The number of carbonyl (C=O) groups is 2. The van der Waals surface area contributed by atoms with Gasteiger partial charge in [-0.1, -0.05) is 36.4 Å². The van der Waals surface area contributed by atoms with Crippen LogP contribution in [0.4, 0.5) is 0 Å². The minimum Gasteiger partial charge on any atom is -0.300 e. The fraction of sp³-hybridized carbons (Fsp3) is 0.286. The molecule has 1 rings (SSSR count). The largest absolute Gasteiger partial charge is 0.300 e. The van der Waals surface area contributed by atoms with E-state index in [0.717, 1.165) is 5.56 Å². The number of carbonyl (C=O) groups excluding carboxylic acids is 2. The molecule has 0 saturated carbocycles. The molecule has 1 aromatic carbocycles. The summed E-state index contributed by atoms with van der Waals surface area (Å²) in [6.07, 6.45) is 2.14. The van der Waals surface area contributed by atoms with Crippen molar-refractivity contribution >= 4 is 11.6 Å². The maximum absolute atomic E-state index is 11.5. The summed E-state index contributed by atoms with van der Waals surface area (Å²) in [7, 11) is 0. The van der Waals surface area contributed by atoms with Gasteiger partial charge >= 0.3 is 0 Å². The molecule has 0 fully saturated rings. The molecule has 0 saturated heterocycles. The Hall–Kier alpha value is -1.70. The van der Waals surface area contributed by atoms with Crippen LogP contribution >= 0.6 is 0 Å². The van der Waals surface area contributed by atoms with Crippen LogP contribution in [0.25, 0.3) is 0 Å². The Morgan fingerprint density at radius 2 is 1.94 bits per heavy atom. The summed E-state index contributed by atoms with van der Waals surface area (Å²) in [5, 5.41) is 0. The van der Waals surface area contributed by atoms with E-state index >= 15 is 0 Å². The summed E-state index contributed by atoms with van der Waals surface area (Å²) in [5.74, 6) is -0.102. The van der Waals surface area contributed by atoms with Crippen molar-refractivity contribution in [1.29, 1.82) is 0 Å². The summed E-state index contributed by atoms with van der Waals surface area (Å²) in [6.45, 7) is 5.17. The Balaban J connectivity index is 2.66. The molecule has 0 heterocycles. The van der Waals surface area contributed by atoms with Gasteiger partial charge in [0.2, 0.25) is 0 Å². The second-order valence-corrected chi connectivity index (χ2v) is 3.87. The first-order valence-electron chi connectivity index (χ1n) is 5.32. The zero-order valence-electron chi connectivity index (χ0n) is 9.48. The van der Waals surface area contributed by atoms with Gasteiger partial charge in [-0.25, -0.2) is 0 Å². The van der Waals surface area contributed by atoms with E-state index in [-0.39, 0.29) is 23.9 Å². The molecule has 1 unspecified atom stereocenters. The van der Waals surface area contributed by atoms with Crippen molar-refractivity contribution in [3.05, 3.63) is 48.6 Å². The van der Waals surface area contributed by atoms with Crippen molar-refractivity contribution in [1.82, 2.24) is 0 Å². The van der Waals surface area contributed by atoms with Crippen molar-refractivity contribution in [3.8, 4) is 0 Å². The molecule has 0 aliphatic heterocycles. The third-order valence-corrected chi connectivity index (χ3v) is 2.41. The lowest BCUT2D eigenvalue weighted by Crippen LogP contribution is -2.08. The van der Waals surface area contributed by atoms with E-state index in [0.29, 0.717) is 6.42 Å². The van der Waals surface area contributed by atoms with Gasteiger partial charge in [-0.3, -0.25) is 9.59 Å². The topological polar surface area (TPSA) is 34.1 Å². The molecule has 16 heavy (non-hydrogen) atoms. The molecule has 0 spiro atoms. The zero-order chi connectivity index (χ0) is 12.0. The van der Waals surface area contributed by atoms with Crippen LogP contribution < -0.4 is 0 Å². The molecule has 1 atom stereocenters. The molecule has 1 aromatic rings. The Kier molecular flexibility index (Phi) is 4.65. The van der Waals surface area contributed by atoms with Crippen LogP contribution in [-0.4, -0.2) is 11.6 Å². The van der Waals surface area contributed by atoms with Crippen LogP contribution in [0, 0.1) is 0 Å². The Morgan fingerprint density at radius 3 is 2.44 bits per heavy atom. The molecule has 0 amide bonds. The molecule has 84 valence electrons. The van der Waals surface area contributed by atoms with Crippen molar-refractivity contribution in [2.45, 2.75) is 25.7 Å². The summed E-state index contributed by atoms with van der Waals surface area (Å²) >= 11 is 0. The second kappa shape index (κ2) is 6.01. The molecular weight excluding hydrogens is 200 g/mol. The molecule has 0 aliphatic carbocycles. The Labute approximate surface area is 96.0 Å². The lowest BCUT2D eigenvalue weighted by molar-refractivity contribution is -0.125. The molecule has 0 radical (unpaired) electrons. The normalized spacial score (nSPS) is 11.8. The minimum atomic E-state index is -0.0825. The van der Waals surface area contributed by atoms with E-state index in [4.69, 9.17) is 0 Å². The van der Waals surface area contributed by atoms with Gasteiger partial charge in [0.05, 0.1) is 6.42 Å². The second-order valence-electron chi connectivity index (χ2n) is 3.87. The van der Waals surface area contributed by atoms with Crippen molar-refractivity contribution in [3.63, 3.8) is 0 Å². The highest BCUT2D eigenvalue weighted by Gasteiger charge is 2.13. The molecule has 0 N–H and O–H groups in total. The average Bonchev–Trinajstić information content (AvgIpc) is 2.26. The highest BCUT2D eigenvalue weighted by Crippen LogP contribution is 2.21. The predicted molar refractivity (Wildman–Crippen MR) is 64.3 cm³/mol. The standard InChI is InChI=1S/C14H16O2/c1-3-12(10-14(16)9-11(2)15)13-7-5-4-6-8-13/h3-8,12H,1,9-10H2,2H3. The van der Waals surface area contributed by atoms with Gasteiger partial charge < -0.3 is 0 Å². The lowest BCUT2D eigenvalue weighted by Gasteiger charge is -2.11. The Bertz CT molecular complexity index is 379. The monoisotopic (exact) mass is 216 g/mol. The minimum absolute atomic E-state index is 0.00745. The third-order valence-electron chi connectivity index (χ3n) is 2.41. The molecule has 2 nitrogen and oxygen atoms in total. The lowest BCUT2D eigenvalue weighted by atomic mass is 9.93. The van der Waals surface area contributed by atoms with Gasteiger partial charge in [0.15, 0.2) is 0 Å². The van der Waals surface area contributed by atoms with Gasteiger partial charge in [-0.15, -0.1) is 6.58 Å². The van der Waals surface area contributed by atoms with E-state index < -0.39 is 0 Å². The molecule has 2 heteroatoms. The van der Waals surface area contributed by atoms with Crippen LogP contribution in [0.3, 0.4) is 0 Å². The van der Waals surface area contributed by atoms with E-state index in [1.54, 1.807) is 6.08 Å². The molecule has 0 aliphatic rings. The van der Waals surface area contributed by atoms with Gasteiger partial charge in [-0.2, -0.15) is 0 Å². The summed E-state index contributed by atoms with van der Waals surface area (Å²) in [6, 6.07) is 9.73. The SMILES string of the molecule is C=CC(CC(=O)CC(C)=O)c1ccccc1. The predicted octanol–water partition coefficient (Wildman–Crippen LogP) is 2.89. The van der Waals surface area contributed by atoms with Gasteiger partial charge in [0.25, 0.3) is 0 Å². The molecular formula is C14H16O2. The van der Waals surface area contributed by atoms with Gasteiger partial charge in [0, 0.05) is 12.3 Å². The van der Waals surface area contributed by atoms with E-state index in [1.165, 1.54) is 6.92 Å². The van der Waals surface area contributed by atoms with Crippen molar-refractivity contribution in [2.24, 2.45) is 0 Å². The molecule has 0 bridgehead atoms. The third kappa shape index (κ3) is 3.81. The summed E-state index contributed by atoms with van der Waals surface area (Å²) in [4.78, 5) is 22.3. The quantitative estimate of drug-likeness (QED) is 0.541. The number of hydrogen-bond acceptors (Lipinski definition) is 2. The molecule has 0 aromatic heterocycles. The van der Waals surface area contributed by atoms with E-state index in [1.807, 2.05) is 30.3 Å². The van der Waals surface area contributed by atoms with Crippen LogP contribution in [0.5, 0.6) is 0 Å². The number of Topliss-reactive ketones (excluding diaryl/α,β-unsaturated/α-hetero) is 2. The highest BCUT2D eigenvalue weighted by molar-refractivity contribution is 5.98. The van der Waals surface area contributed by atoms with Crippen LogP contribution in [0.15, 0.2) is 43.0 Å². The first-order valence-corrected chi connectivity index (χ1v) is 5.32. The number of rotatable bonds is 6.